The zero-order chi connectivity index (χ0) is 19.1. The maximum atomic E-state index is 11.8. The fourth-order valence-corrected chi connectivity index (χ4v) is 7.89. The first kappa shape index (κ1) is 19.4. The van der Waals surface area contributed by atoms with Gasteiger partial charge in [0, 0.05) is 21.1 Å². The molecule has 0 aromatic heterocycles. The van der Waals surface area contributed by atoms with Crippen LogP contribution in [0.4, 0.5) is 0 Å². The van der Waals surface area contributed by atoms with Gasteiger partial charge in [0.15, 0.2) is 0 Å². The minimum atomic E-state index is -1.04. The number of hydrogen-bond donors (Lipinski definition) is 2. The number of aliphatic hydroxyl groups excluding tert-OH is 1. The van der Waals surface area contributed by atoms with Gasteiger partial charge in [0.2, 0.25) is 0 Å². The fourth-order valence-electron chi connectivity index (χ4n) is 5.04. The third-order valence-corrected chi connectivity index (χ3v) is 9.88. The first-order valence-electron chi connectivity index (χ1n) is 9.79. The molecule has 0 heterocycles. The molecule has 0 saturated heterocycles. The Morgan fingerprint density at radius 3 is 1.89 bits per heavy atom. The van der Waals surface area contributed by atoms with Gasteiger partial charge < -0.3 is 10.2 Å². The van der Waals surface area contributed by atoms with Crippen molar-refractivity contribution in [1.29, 1.82) is 0 Å². The zero-order valence-corrected chi connectivity index (χ0v) is 17.5. The predicted octanol–water partition coefficient (Wildman–Crippen LogP) is 5.45. The number of rotatable bonds is 6. The van der Waals surface area contributed by atoms with Crippen LogP contribution in [0.5, 0.6) is 0 Å². The van der Waals surface area contributed by atoms with Crippen molar-refractivity contribution >= 4 is 23.5 Å². The predicted molar refractivity (Wildman–Crippen MR) is 114 cm³/mol. The molecule has 4 rings (SSSR count). The van der Waals surface area contributed by atoms with Crippen LogP contribution in [-0.4, -0.2) is 26.5 Å². The van der Waals surface area contributed by atoms with E-state index in [1.54, 1.807) is 23.5 Å². The SMILES string of the molecule is C[C@H](C(Sc1ccccc1)Sc1ccccc1)[C@@]1(O)[C@H](O)C[C@H]2CC[C@@]21C. The van der Waals surface area contributed by atoms with Gasteiger partial charge in [-0.2, -0.15) is 0 Å². The highest BCUT2D eigenvalue weighted by Crippen LogP contribution is 2.66. The van der Waals surface area contributed by atoms with Gasteiger partial charge in [-0.3, -0.25) is 0 Å². The lowest BCUT2D eigenvalue weighted by Gasteiger charge is -2.54. The topological polar surface area (TPSA) is 40.5 Å². The summed E-state index contributed by atoms with van der Waals surface area (Å²) in [7, 11) is 0. The number of aliphatic hydroxyl groups is 2. The van der Waals surface area contributed by atoms with Crippen LogP contribution in [0.1, 0.15) is 33.1 Å². The Kier molecular flexibility index (Phi) is 5.36. The van der Waals surface area contributed by atoms with Crippen LogP contribution in [0.2, 0.25) is 0 Å². The number of benzene rings is 2. The van der Waals surface area contributed by atoms with Gasteiger partial charge in [-0.1, -0.05) is 50.2 Å². The van der Waals surface area contributed by atoms with Crippen LogP contribution >= 0.6 is 23.5 Å². The lowest BCUT2D eigenvalue weighted by Crippen LogP contribution is -2.60. The van der Waals surface area contributed by atoms with Crippen molar-refractivity contribution in [3.63, 3.8) is 0 Å². The smallest absolute Gasteiger partial charge is 0.100 e. The number of hydrogen-bond acceptors (Lipinski definition) is 4. The molecule has 2 saturated carbocycles. The summed E-state index contributed by atoms with van der Waals surface area (Å²) in [6, 6.07) is 20.8. The molecule has 0 bridgehead atoms. The van der Waals surface area contributed by atoms with E-state index in [-0.39, 0.29) is 15.9 Å². The molecule has 0 aliphatic heterocycles. The summed E-state index contributed by atoms with van der Waals surface area (Å²) < 4.78 is 0.116. The second-order valence-corrected chi connectivity index (χ2v) is 11.0. The Bertz CT molecular complexity index is 727. The van der Waals surface area contributed by atoms with Gasteiger partial charge >= 0.3 is 0 Å². The molecule has 2 aromatic rings. The first-order valence-corrected chi connectivity index (χ1v) is 11.5. The average molecular weight is 401 g/mol. The Hall–Kier alpha value is -0.940. The molecule has 2 aliphatic carbocycles. The largest absolute Gasteiger partial charge is 0.390 e. The summed E-state index contributed by atoms with van der Waals surface area (Å²) in [6.07, 6.45) is 2.23. The lowest BCUT2D eigenvalue weighted by molar-refractivity contribution is -0.176. The van der Waals surface area contributed by atoms with E-state index in [0.29, 0.717) is 5.92 Å². The van der Waals surface area contributed by atoms with Crippen LogP contribution < -0.4 is 0 Å². The van der Waals surface area contributed by atoms with Gasteiger partial charge in [-0.25, -0.2) is 0 Å². The average Bonchev–Trinajstić information content (AvgIpc) is 2.82. The highest BCUT2D eigenvalue weighted by molar-refractivity contribution is 8.17. The fraction of sp³-hybridized carbons (Fsp3) is 0.478. The summed E-state index contributed by atoms with van der Waals surface area (Å²) >= 11 is 3.59. The molecular formula is C23H28O2S2. The molecule has 0 spiro atoms. The molecular weight excluding hydrogens is 372 g/mol. The molecule has 144 valence electrons. The Balaban J connectivity index is 1.65. The van der Waals surface area contributed by atoms with Crippen molar-refractivity contribution < 1.29 is 10.2 Å². The van der Waals surface area contributed by atoms with E-state index in [1.165, 1.54) is 9.79 Å². The van der Waals surface area contributed by atoms with Crippen molar-refractivity contribution in [2.45, 2.75) is 59.2 Å². The monoisotopic (exact) mass is 400 g/mol. The van der Waals surface area contributed by atoms with E-state index in [2.05, 4.69) is 62.4 Å². The quantitative estimate of drug-likeness (QED) is 0.500. The van der Waals surface area contributed by atoms with E-state index in [0.717, 1.165) is 19.3 Å². The molecule has 4 heteroatoms. The van der Waals surface area contributed by atoms with Crippen molar-refractivity contribution in [2.24, 2.45) is 17.3 Å². The minimum absolute atomic E-state index is 0.0433. The minimum Gasteiger partial charge on any atom is -0.390 e. The second kappa shape index (κ2) is 7.47. The Morgan fingerprint density at radius 1 is 0.963 bits per heavy atom. The van der Waals surface area contributed by atoms with Crippen molar-refractivity contribution in [1.82, 2.24) is 0 Å². The van der Waals surface area contributed by atoms with Crippen LogP contribution in [0, 0.1) is 17.3 Å². The molecule has 0 radical (unpaired) electrons. The molecule has 27 heavy (non-hydrogen) atoms. The van der Waals surface area contributed by atoms with E-state index >= 15 is 0 Å². The van der Waals surface area contributed by atoms with Gasteiger partial charge in [0.05, 0.1) is 10.7 Å². The van der Waals surface area contributed by atoms with Crippen molar-refractivity contribution in [2.75, 3.05) is 0 Å². The van der Waals surface area contributed by atoms with Crippen molar-refractivity contribution in [3.05, 3.63) is 60.7 Å². The molecule has 2 aromatic carbocycles. The summed E-state index contributed by atoms with van der Waals surface area (Å²) in [4.78, 5) is 2.40. The van der Waals surface area contributed by atoms with Gasteiger partial charge in [0.1, 0.15) is 5.60 Å². The van der Waals surface area contributed by atoms with Crippen molar-refractivity contribution in [3.8, 4) is 0 Å². The number of fused-ring (bicyclic) bond motifs is 1. The Morgan fingerprint density at radius 2 is 1.48 bits per heavy atom. The summed E-state index contributed by atoms with van der Waals surface area (Å²) in [6.45, 7) is 4.32. The Labute approximate surface area is 170 Å². The highest BCUT2D eigenvalue weighted by atomic mass is 32.2. The van der Waals surface area contributed by atoms with Gasteiger partial charge in [-0.15, -0.1) is 23.5 Å². The van der Waals surface area contributed by atoms with Gasteiger partial charge in [-0.05, 0) is 49.4 Å². The van der Waals surface area contributed by atoms with Crippen LogP contribution in [0.15, 0.2) is 70.5 Å². The van der Waals surface area contributed by atoms with Crippen LogP contribution in [-0.2, 0) is 0 Å². The van der Waals surface area contributed by atoms with Crippen LogP contribution in [0.25, 0.3) is 0 Å². The van der Waals surface area contributed by atoms with Crippen LogP contribution in [0.3, 0.4) is 0 Å². The summed E-state index contributed by atoms with van der Waals surface area (Å²) in [5, 5.41) is 22.7. The van der Waals surface area contributed by atoms with E-state index in [1.807, 2.05) is 12.1 Å². The molecule has 5 atom stereocenters. The lowest BCUT2D eigenvalue weighted by atomic mass is 9.55. The summed E-state index contributed by atoms with van der Waals surface area (Å²) in [5.41, 5.74) is -1.21. The standard InChI is InChI=1S/C23H28O2S2/c1-16(23(25)20(24)15-17-13-14-22(17,23)2)21(26-18-9-5-3-6-10-18)27-19-11-7-4-8-12-19/h3-12,16-17,20-21,24-25H,13-15H2,1-2H3/t16-,17-,20-,22+,23-/m1/s1. The number of thioether (sulfide) groups is 2. The normalized spacial score (nSPS) is 33.5. The third-order valence-electron chi connectivity index (χ3n) is 6.94. The molecule has 0 amide bonds. The third kappa shape index (κ3) is 3.25. The molecule has 2 fully saturated rings. The van der Waals surface area contributed by atoms with E-state index < -0.39 is 11.7 Å². The maximum Gasteiger partial charge on any atom is 0.100 e. The molecule has 2 aliphatic rings. The summed E-state index contributed by atoms with van der Waals surface area (Å²) in [5.74, 6) is 0.405. The zero-order valence-electron chi connectivity index (χ0n) is 15.9. The van der Waals surface area contributed by atoms with E-state index in [4.69, 9.17) is 0 Å². The molecule has 0 unspecified atom stereocenters. The first-order chi connectivity index (χ1) is 12.9. The maximum absolute atomic E-state index is 11.8. The molecule has 2 nitrogen and oxygen atoms in total. The highest BCUT2D eigenvalue weighted by Gasteiger charge is 2.68. The molecule has 2 N–H and O–H groups in total. The van der Waals surface area contributed by atoms with Gasteiger partial charge in [0.25, 0.3) is 0 Å². The van der Waals surface area contributed by atoms with E-state index in [9.17, 15) is 10.2 Å². The second-order valence-electron chi connectivity index (χ2n) is 8.25.